The van der Waals surface area contributed by atoms with Gasteiger partial charge < -0.3 is 38.6 Å². The lowest BCUT2D eigenvalue weighted by Crippen LogP contribution is -3.00. The fourth-order valence-electron chi connectivity index (χ4n) is 3.25. The van der Waals surface area contributed by atoms with Crippen LogP contribution >= 0.6 is 0 Å². The highest BCUT2D eigenvalue weighted by molar-refractivity contribution is 5.72. The molecule has 1 N–H and O–H groups in total. The molecule has 1 aromatic heterocycles. The van der Waals surface area contributed by atoms with Crippen LogP contribution in [0.3, 0.4) is 0 Å². The largest absolute Gasteiger partial charge is 1.00 e. The summed E-state index contributed by atoms with van der Waals surface area (Å²) < 4.78 is 15.4. The SMILES string of the molecule is CCc1n(CC(O)COc2ccccc2OC)c2ccccc2[n+]1C.[I-]. The van der Waals surface area contributed by atoms with Gasteiger partial charge in [0.1, 0.15) is 19.3 Å². The van der Waals surface area contributed by atoms with Crippen molar-refractivity contribution in [3.05, 3.63) is 54.4 Å². The van der Waals surface area contributed by atoms with Crippen LogP contribution in [-0.2, 0) is 20.0 Å². The zero-order valence-electron chi connectivity index (χ0n) is 15.4. The summed E-state index contributed by atoms with van der Waals surface area (Å²) in [6.45, 7) is 2.82. The molecule has 0 spiro atoms. The van der Waals surface area contributed by atoms with E-state index in [9.17, 15) is 5.11 Å². The zero-order valence-corrected chi connectivity index (χ0v) is 17.5. The second kappa shape index (κ2) is 9.23. The van der Waals surface area contributed by atoms with Crippen molar-refractivity contribution in [2.24, 2.45) is 7.05 Å². The molecule has 0 aliphatic heterocycles. The lowest BCUT2D eigenvalue weighted by atomic mass is 10.3. The first-order valence-electron chi connectivity index (χ1n) is 8.55. The molecular formula is C20H25IN2O3. The first kappa shape index (κ1) is 20.5. The minimum atomic E-state index is -0.619. The summed E-state index contributed by atoms with van der Waals surface area (Å²) in [7, 11) is 3.67. The third-order valence-corrected chi connectivity index (χ3v) is 4.44. The van der Waals surface area contributed by atoms with Gasteiger partial charge in [0.25, 0.3) is 5.82 Å². The molecule has 26 heavy (non-hydrogen) atoms. The number of aryl methyl sites for hydroxylation is 1. The fourth-order valence-corrected chi connectivity index (χ4v) is 3.25. The van der Waals surface area contributed by atoms with Crippen LogP contribution in [0.15, 0.2) is 48.5 Å². The number of methoxy groups -OCH3 is 1. The van der Waals surface area contributed by atoms with Gasteiger partial charge >= 0.3 is 0 Å². The minimum absolute atomic E-state index is 0. The Kier molecular flexibility index (Phi) is 7.28. The van der Waals surface area contributed by atoms with E-state index >= 15 is 0 Å². The van der Waals surface area contributed by atoms with Gasteiger partial charge in [0, 0.05) is 6.42 Å². The quantitative estimate of drug-likeness (QED) is 0.375. The van der Waals surface area contributed by atoms with E-state index in [2.05, 4.69) is 35.2 Å². The molecule has 1 unspecified atom stereocenters. The van der Waals surface area contributed by atoms with Crippen molar-refractivity contribution < 1.29 is 43.1 Å². The van der Waals surface area contributed by atoms with Crippen molar-refractivity contribution in [1.29, 1.82) is 0 Å². The fraction of sp³-hybridized carbons (Fsp3) is 0.350. The van der Waals surface area contributed by atoms with Gasteiger partial charge in [-0.05, 0) is 24.3 Å². The van der Waals surface area contributed by atoms with Gasteiger partial charge in [0.15, 0.2) is 22.5 Å². The highest BCUT2D eigenvalue weighted by atomic mass is 127. The summed E-state index contributed by atoms with van der Waals surface area (Å²) in [5, 5.41) is 10.5. The second-order valence-electron chi connectivity index (χ2n) is 6.04. The highest BCUT2D eigenvalue weighted by Crippen LogP contribution is 2.26. The molecule has 0 fully saturated rings. The van der Waals surface area contributed by atoms with Crippen LogP contribution in [0.2, 0.25) is 0 Å². The number of aliphatic hydroxyl groups is 1. The van der Waals surface area contributed by atoms with Gasteiger partial charge in [-0.25, -0.2) is 9.13 Å². The molecule has 5 nitrogen and oxygen atoms in total. The molecule has 0 saturated carbocycles. The number of ether oxygens (including phenoxy) is 2. The minimum Gasteiger partial charge on any atom is -1.00 e. The Morgan fingerprint density at radius 2 is 1.73 bits per heavy atom. The average Bonchev–Trinajstić information content (AvgIpc) is 2.92. The Labute approximate surface area is 171 Å². The Balaban J connectivity index is 0.00000243. The van der Waals surface area contributed by atoms with Gasteiger partial charge in [-0.3, -0.25) is 0 Å². The number of hydrogen-bond donors (Lipinski definition) is 1. The number of fused-ring (bicyclic) bond motifs is 1. The maximum atomic E-state index is 10.5. The number of aliphatic hydroxyl groups excluding tert-OH is 1. The molecule has 0 aliphatic rings. The Morgan fingerprint density at radius 3 is 2.42 bits per heavy atom. The van der Waals surface area contributed by atoms with Crippen LogP contribution in [0.5, 0.6) is 11.5 Å². The van der Waals surface area contributed by atoms with Gasteiger partial charge in [-0.15, -0.1) is 0 Å². The number of nitrogens with zero attached hydrogens (tertiary/aromatic N) is 2. The molecule has 0 radical (unpaired) electrons. The molecule has 0 bridgehead atoms. The topological polar surface area (TPSA) is 47.5 Å². The predicted molar refractivity (Wildman–Crippen MR) is 97.0 cm³/mol. The Bertz CT molecular complexity index is 863. The van der Waals surface area contributed by atoms with Gasteiger partial charge in [0.05, 0.1) is 14.2 Å². The third kappa shape index (κ3) is 4.12. The summed E-state index contributed by atoms with van der Waals surface area (Å²) in [6, 6.07) is 15.7. The van der Waals surface area contributed by atoms with E-state index in [-0.39, 0.29) is 30.6 Å². The summed E-state index contributed by atoms with van der Waals surface area (Å²) in [5.74, 6) is 2.49. The smallest absolute Gasteiger partial charge is 0.256 e. The molecular weight excluding hydrogens is 443 g/mol. The maximum Gasteiger partial charge on any atom is 0.256 e. The molecule has 6 heteroatoms. The van der Waals surface area contributed by atoms with Crippen molar-refractivity contribution in [1.82, 2.24) is 4.57 Å². The summed E-state index contributed by atoms with van der Waals surface area (Å²) >= 11 is 0. The maximum absolute atomic E-state index is 10.5. The van der Waals surface area contributed by atoms with E-state index in [4.69, 9.17) is 9.47 Å². The van der Waals surface area contributed by atoms with Crippen molar-refractivity contribution in [2.45, 2.75) is 26.0 Å². The summed E-state index contributed by atoms with van der Waals surface area (Å²) in [5.41, 5.74) is 2.29. The summed E-state index contributed by atoms with van der Waals surface area (Å²) in [4.78, 5) is 0. The molecule has 3 aromatic rings. The van der Waals surface area contributed by atoms with Crippen LogP contribution in [0, 0.1) is 0 Å². The lowest BCUT2D eigenvalue weighted by Gasteiger charge is -2.14. The van der Waals surface area contributed by atoms with Crippen molar-refractivity contribution in [3.63, 3.8) is 0 Å². The van der Waals surface area contributed by atoms with Crippen molar-refractivity contribution in [3.8, 4) is 11.5 Å². The molecule has 0 aliphatic carbocycles. The number of hydrogen-bond acceptors (Lipinski definition) is 3. The zero-order chi connectivity index (χ0) is 17.8. The number of aromatic nitrogens is 2. The molecule has 3 rings (SSSR count). The number of imidazole rings is 1. The summed E-state index contributed by atoms with van der Waals surface area (Å²) in [6.07, 6.45) is 0.275. The molecule has 1 heterocycles. The van der Waals surface area contributed by atoms with E-state index in [0.29, 0.717) is 18.0 Å². The van der Waals surface area contributed by atoms with Crippen LogP contribution in [0.4, 0.5) is 0 Å². The molecule has 0 saturated heterocycles. The highest BCUT2D eigenvalue weighted by Gasteiger charge is 2.23. The van der Waals surface area contributed by atoms with E-state index in [1.54, 1.807) is 7.11 Å². The van der Waals surface area contributed by atoms with Gasteiger partial charge in [-0.2, -0.15) is 0 Å². The van der Waals surface area contributed by atoms with Crippen molar-refractivity contribution >= 4 is 11.0 Å². The number of rotatable bonds is 7. The van der Waals surface area contributed by atoms with Gasteiger partial charge in [0.2, 0.25) is 0 Å². The second-order valence-corrected chi connectivity index (χ2v) is 6.04. The molecule has 140 valence electrons. The molecule has 2 aromatic carbocycles. The lowest BCUT2D eigenvalue weighted by molar-refractivity contribution is -0.653. The van der Waals surface area contributed by atoms with Crippen LogP contribution in [-0.4, -0.2) is 29.5 Å². The molecule has 1 atom stereocenters. The average molecular weight is 468 g/mol. The van der Waals surface area contributed by atoms with E-state index < -0.39 is 6.10 Å². The van der Waals surface area contributed by atoms with Crippen molar-refractivity contribution in [2.75, 3.05) is 13.7 Å². The monoisotopic (exact) mass is 468 g/mol. The Morgan fingerprint density at radius 1 is 1.08 bits per heavy atom. The number of para-hydroxylation sites is 4. The van der Waals surface area contributed by atoms with Crippen LogP contribution in [0.1, 0.15) is 12.7 Å². The van der Waals surface area contributed by atoms with E-state index in [0.717, 1.165) is 17.5 Å². The Hall–Kier alpha value is -1.80. The third-order valence-electron chi connectivity index (χ3n) is 4.44. The van der Waals surface area contributed by atoms with E-state index in [1.165, 1.54) is 5.82 Å². The molecule has 0 amide bonds. The van der Waals surface area contributed by atoms with Crippen LogP contribution in [0.25, 0.3) is 11.0 Å². The normalized spacial score (nSPS) is 11.8. The number of benzene rings is 2. The van der Waals surface area contributed by atoms with Gasteiger partial charge in [-0.1, -0.05) is 31.2 Å². The van der Waals surface area contributed by atoms with E-state index in [1.807, 2.05) is 36.4 Å². The van der Waals surface area contributed by atoms with Crippen LogP contribution < -0.4 is 38.0 Å². The first-order valence-corrected chi connectivity index (χ1v) is 8.55. The number of halogens is 1. The first-order chi connectivity index (χ1) is 12.2. The standard InChI is InChI=1S/C20H25N2O3.HI/c1-4-20-21(2)16-9-5-6-10-17(16)22(20)13-15(23)14-25-19-12-8-7-11-18(19)24-3;/h5-12,15,23H,4,13-14H2,1-3H3;1H/q+1;/p-1. The predicted octanol–water partition coefficient (Wildman–Crippen LogP) is -0.519.